The van der Waals surface area contributed by atoms with Crippen LogP contribution in [0.15, 0.2) is 22.7 Å². The van der Waals surface area contributed by atoms with Crippen LogP contribution in [0.4, 0.5) is 5.69 Å². The molecule has 1 fully saturated rings. The smallest absolute Gasteiger partial charge is 0.255 e. The third-order valence-electron chi connectivity index (χ3n) is 3.90. The van der Waals surface area contributed by atoms with E-state index < -0.39 is 0 Å². The predicted octanol–water partition coefficient (Wildman–Crippen LogP) is 2.83. The standard InChI is InChI=1S/C16H22BrN3O2.ClH/c1-10(2)15(21)19-12-5-7-20(8-6-12)16(22)13-4-3-11(17)9-14(13)18;/h3-4,9-10,12H,5-8,18H2,1-2H3,(H,19,21);1H. The van der Waals surface area contributed by atoms with E-state index in [1.807, 2.05) is 19.9 Å². The molecule has 0 spiro atoms. The summed E-state index contributed by atoms with van der Waals surface area (Å²) in [6, 6.07) is 5.46. The van der Waals surface area contributed by atoms with Crippen LogP contribution in [-0.4, -0.2) is 35.8 Å². The minimum atomic E-state index is -0.0429. The third-order valence-corrected chi connectivity index (χ3v) is 4.39. The molecule has 23 heavy (non-hydrogen) atoms. The van der Waals surface area contributed by atoms with E-state index in [1.54, 1.807) is 17.0 Å². The molecule has 0 bridgehead atoms. The van der Waals surface area contributed by atoms with Gasteiger partial charge in [-0.25, -0.2) is 0 Å². The summed E-state index contributed by atoms with van der Waals surface area (Å²) in [6.07, 6.45) is 1.56. The van der Waals surface area contributed by atoms with Crippen LogP contribution in [0.25, 0.3) is 0 Å². The molecule has 128 valence electrons. The van der Waals surface area contributed by atoms with Crippen LogP contribution in [-0.2, 0) is 4.79 Å². The average molecular weight is 405 g/mol. The first-order valence-corrected chi connectivity index (χ1v) is 8.32. The Balaban J connectivity index is 0.00000264. The van der Waals surface area contributed by atoms with Gasteiger partial charge in [0.05, 0.1) is 5.56 Å². The van der Waals surface area contributed by atoms with E-state index in [4.69, 9.17) is 5.73 Å². The second kappa shape index (κ2) is 8.55. The largest absolute Gasteiger partial charge is 0.398 e. The van der Waals surface area contributed by atoms with E-state index >= 15 is 0 Å². The summed E-state index contributed by atoms with van der Waals surface area (Å²) in [5, 5.41) is 3.03. The van der Waals surface area contributed by atoms with Gasteiger partial charge >= 0.3 is 0 Å². The van der Waals surface area contributed by atoms with Gasteiger partial charge in [0.2, 0.25) is 5.91 Å². The monoisotopic (exact) mass is 403 g/mol. The molecular formula is C16H23BrClN3O2. The molecule has 1 aromatic carbocycles. The maximum atomic E-state index is 12.5. The van der Waals surface area contributed by atoms with Crippen molar-refractivity contribution in [3.8, 4) is 0 Å². The first-order chi connectivity index (χ1) is 10.4. The fourth-order valence-corrected chi connectivity index (χ4v) is 2.87. The lowest BCUT2D eigenvalue weighted by Gasteiger charge is -2.33. The van der Waals surface area contributed by atoms with E-state index in [-0.39, 0.29) is 36.2 Å². The summed E-state index contributed by atoms with van der Waals surface area (Å²) in [5.41, 5.74) is 6.94. The van der Waals surface area contributed by atoms with Crippen molar-refractivity contribution >= 4 is 45.8 Å². The molecule has 1 heterocycles. The molecular weight excluding hydrogens is 382 g/mol. The number of carbonyl (C=O) groups is 2. The number of halogens is 2. The highest BCUT2D eigenvalue weighted by Gasteiger charge is 2.25. The van der Waals surface area contributed by atoms with Crippen molar-refractivity contribution in [1.82, 2.24) is 10.2 Å². The molecule has 1 aromatic rings. The van der Waals surface area contributed by atoms with Gasteiger partial charge in [0, 0.05) is 35.2 Å². The molecule has 0 saturated carbocycles. The van der Waals surface area contributed by atoms with Crippen molar-refractivity contribution in [3.05, 3.63) is 28.2 Å². The molecule has 0 aromatic heterocycles. The summed E-state index contributed by atoms with van der Waals surface area (Å²) >= 11 is 3.34. The maximum absolute atomic E-state index is 12.5. The number of nitrogens with one attached hydrogen (secondary N) is 1. The SMILES string of the molecule is CC(C)C(=O)NC1CCN(C(=O)c2ccc(Br)cc2N)CC1.Cl. The number of rotatable bonds is 3. The highest BCUT2D eigenvalue weighted by Crippen LogP contribution is 2.22. The molecule has 5 nitrogen and oxygen atoms in total. The number of amides is 2. The van der Waals surface area contributed by atoms with Crippen molar-refractivity contribution in [1.29, 1.82) is 0 Å². The van der Waals surface area contributed by atoms with Gasteiger partial charge in [-0.15, -0.1) is 12.4 Å². The van der Waals surface area contributed by atoms with E-state index in [2.05, 4.69) is 21.2 Å². The van der Waals surface area contributed by atoms with Gasteiger partial charge in [-0.3, -0.25) is 9.59 Å². The van der Waals surface area contributed by atoms with Crippen molar-refractivity contribution in [2.45, 2.75) is 32.7 Å². The van der Waals surface area contributed by atoms with Gasteiger partial charge in [-0.1, -0.05) is 29.8 Å². The number of benzene rings is 1. The normalized spacial score (nSPS) is 15.2. The van der Waals surface area contributed by atoms with Crippen LogP contribution in [0.1, 0.15) is 37.0 Å². The Kier molecular flexibility index (Phi) is 7.35. The molecule has 3 N–H and O–H groups in total. The number of carbonyl (C=O) groups excluding carboxylic acids is 2. The molecule has 2 rings (SSSR count). The summed E-state index contributed by atoms with van der Waals surface area (Å²) in [7, 11) is 0. The minimum absolute atomic E-state index is 0. The minimum Gasteiger partial charge on any atom is -0.398 e. The number of piperidine rings is 1. The number of hydrogen-bond acceptors (Lipinski definition) is 3. The van der Waals surface area contributed by atoms with Gasteiger partial charge in [0.15, 0.2) is 0 Å². The average Bonchev–Trinajstić information content (AvgIpc) is 2.47. The van der Waals surface area contributed by atoms with Crippen LogP contribution < -0.4 is 11.1 Å². The van der Waals surface area contributed by atoms with Crippen molar-refractivity contribution in [3.63, 3.8) is 0 Å². The number of nitrogens with zero attached hydrogens (tertiary/aromatic N) is 1. The van der Waals surface area contributed by atoms with Crippen LogP contribution >= 0.6 is 28.3 Å². The summed E-state index contributed by atoms with van der Waals surface area (Å²) < 4.78 is 0.858. The molecule has 0 atom stereocenters. The second-order valence-corrected chi connectivity index (χ2v) is 6.88. The highest BCUT2D eigenvalue weighted by molar-refractivity contribution is 9.10. The Labute approximate surface area is 151 Å². The number of likely N-dealkylation sites (tertiary alicyclic amines) is 1. The lowest BCUT2D eigenvalue weighted by atomic mass is 10.0. The zero-order valence-electron chi connectivity index (χ0n) is 13.3. The third kappa shape index (κ3) is 5.11. The number of anilines is 1. The van der Waals surface area contributed by atoms with Crippen molar-refractivity contribution < 1.29 is 9.59 Å². The molecule has 7 heteroatoms. The topological polar surface area (TPSA) is 75.4 Å². The van der Waals surface area contributed by atoms with E-state index in [1.165, 1.54) is 0 Å². The van der Waals surface area contributed by atoms with E-state index in [0.717, 1.165) is 17.3 Å². The number of nitrogens with two attached hydrogens (primary N) is 1. The molecule has 0 radical (unpaired) electrons. The first-order valence-electron chi connectivity index (χ1n) is 7.53. The lowest BCUT2D eigenvalue weighted by molar-refractivity contribution is -0.124. The zero-order valence-corrected chi connectivity index (χ0v) is 15.7. The van der Waals surface area contributed by atoms with Crippen LogP contribution in [0.2, 0.25) is 0 Å². The summed E-state index contributed by atoms with van der Waals surface area (Å²) in [5.74, 6) is 0.0165. The van der Waals surface area contributed by atoms with Gasteiger partial charge in [0.25, 0.3) is 5.91 Å². The van der Waals surface area contributed by atoms with Crippen molar-refractivity contribution in [2.24, 2.45) is 5.92 Å². The second-order valence-electron chi connectivity index (χ2n) is 5.96. The van der Waals surface area contributed by atoms with Gasteiger partial charge in [0.1, 0.15) is 0 Å². The number of nitrogen functional groups attached to an aromatic ring is 1. The zero-order chi connectivity index (χ0) is 16.3. The van der Waals surface area contributed by atoms with Crippen LogP contribution in [0.3, 0.4) is 0 Å². The number of hydrogen-bond donors (Lipinski definition) is 2. The fourth-order valence-electron chi connectivity index (χ4n) is 2.49. The molecule has 0 unspecified atom stereocenters. The highest BCUT2D eigenvalue weighted by atomic mass is 79.9. The quantitative estimate of drug-likeness (QED) is 0.761. The molecule has 0 aliphatic carbocycles. The molecule has 2 amide bonds. The Morgan fingerprint density at radius 3 is 2.43 bits per heavy atom. The van der Waals surface area contributed by atoms with E-state index in [0.29, 0.717) is 24.3 Å². The van der Waals surface area contributed by atoms with Gasteiger partial charge < -0.3 is 16.0 Å². The van der Waals surface area contributed by atoms with E-state index in [9.17, 15) is 9.59 Å². The Bertz CT molecular complexity index is 572. The van der Waals surface area contributed by atoms with Crippen LogP contribution in [0, 0.1) is 5.92 Å². The lowest BCUT2D eigenvalue weighted by Crippen LogP contribution is -2.47. The summed E-state index contributed by atoms with van der Waals surface area (Å²) in [4.78, 5) is 26.0. The van der Waals surface area contributed by atoms with Gasteiger partial charge in [-0.05, 0) is 31.0 Å². The maximum Gasteiger partial charge on any atom is 0.255 e. The van der Waals surface area contributed by atoms with Gasteiger partial charge in [-0.2, -0.15) is 0 Å². The molecule has 1 aliphatic rings. The van der Waals surface area contributed by atoms with Crippen LogP contribution in [0.5, 0.6) is 0 Å². The first kappa shape index (κ1) is 19.8. The predicted molar refractivity (Wildman–Crippen MR) is 97.7 cm³/mol. The Morgan fingerprint density at radius 2 is 1.91 bits per heavy atom. The summed E-state index contributed by atoms with van der Waals surface area (Å²) in [6.45, 7) is 5.03. The van der Waals surface area contributed by atoms with Crippen molar-refractivity contribution in [2.75, 3.05) is 18.8 Å². The molecule has 1 aliphatic heterocycles. The Morgan fingerprint density at radius 1 is 1.30 bits per heavy atom. The fraction of sp³-hybridized carbons (Fsp3) is 0.500. The Hall–Kier alpha value is -1.27. The molecule has 1 saturated heterocycles.